The van der Waals surface area contributed by atoms with Crippen LogP contribution in [0.5, 0.6) is 0 Å². The average molecular weight is 380 g/mol. The highest BCUT2D eigenvalue weighted by Crippen LogP contribution is 2.30. The molecule has 0 N–H and O–H groups in total. The number of rotatable bonds is 2. The van der Waals surface area contributed by atoms with E-state index in [2.05, 4.69) is 23.6 Å². The van der Waals surface area contributed by atoms with Crippen molar-refractivity contribution in [3.05, 3.63) is 0 Å². The average Bonchev–Trinajstić information content (AvgIpc) is 2.96. The number of methoxy groups -OCH3 is 1. The van der Waals surface area contributed by atoms with Crippen molar-refractivity contribution in [3.8, 4) is 0 Å². The van der Waals surface area contributed by atoms with E-state index >= 15 is 0 Å². The molecule has 27 heavy (non-hydrogen) atoms. The molecule has 0 radical (unpaired) electrons. The molecule has 0 aliphatic carbocycles. The molecule has 0 bridgehead atoms. The standard InChI is InChI=1S/C21H37N3O3/c1-16-14-19(15-17(2)24(16)21(26)27-3)22-12-8-18(9-13-22)20(25)23-10-6-4-5-7-11-23/h16-19H,4-15H2,1-3H3. The van der Waals surface area contributed by atoms with Gasteiger partial charge < -0.3 is 19.4 Å². The number of ether oxygens (including phenoxy) is 1. The van der Waals surface area contributed by atoms with Gasteiger partial charge in [-0.1, -0.05) is 12.8 Å². The van der Waals surface area contributed by atoms with Crippen LogP contribution in [0.1, 0.15) is 65.2 Å². The molecule has 0 spiro atoms. The molecule has 3 aliphatic heterocycles. The zero-order chi connectivity index (χ0) is 19.4. The first-order valence-electron chi connectivity index (χ1n) is 10.9. The van der Waals surface area contributed by atoms with Crippen molar-refractivity contribution in [1.82, 2.24) is 14.7 Å². The Bertz CT molecular complexity index is 499. The second-order valence-electron chi connectivity index (χ2n) is 8.75. The third-order valence-electron chi connectivity index (χ3n) is 6.87. The normalized spacial score (nSPS) is 31.4. The van der Waals surface area contributed by atoms with Gasteiger partial charge in [0, 0.05) is 37.1 Å². The number of hydrogen-bond acceptors (Lipinski definition) is 4. The topological polar surface area (TPSA) is 53.1 Å². The van der Waals surface area contributed by atoms with E-state index in [-0.39, 0.29) is 24.1 Å². The molecule has 3 saturated heterocycles. The van der Waals surface area contributed by atoms with Crippen LogP contribution in [0.15, 0.2) is 0 Å². The fourth-order valence-corrected chi connectivity index (χ4v) is 5.37. The van der Waals surface area contributed by atoms with E-state index in [1.54, 1.807) is 0 Å². The molecular weight excluding hydrogens is 342 g/mol. The van der Waals surface area contributed by atoms with Gasteiger partial charge in [0.15, 0.2) is 0 Å². The van der Waals surface area contributed by atoms with E-state index in [0.29, 0.717) is 11.9 Å². The number of likely N-dealkylation sites (tertiary alicyclic amines) is 3. The summed E-state index contributed by atoms with van der Waals surface area (Å²) in [7, 11) is 1.46. The Hall–Kier alpha value is -1.30. The van der Waals surface area contributed by atoms with Crippen LogP contribution < -0.4 is 0 Å². The summed E-state index contributed by atoms with van der Waals surface area (Å²) in [6, 6.07) is 0.899. The maximum Gasteiger partial charge on any atom is 0.409 e. The summed E-state index contributed by atoms with van der Waals surface area (Å²) < 4.78 is 4.95. The first-order chi connectivity index (χ1) is 13.0. The van der Waals surface area contributed by atoms with Crippen molar-refractivity contribution in [2.24, 2.45) is 5.92 Å². The molecule has 0 aromatic heterocycles. The van der Waals surface area contributed by atoms with Gasteiger partial charge in [0.2, 0.25) is 5.91 Å². The predicted molar refractivity (Wildman–Crippen MR) is 106 cm³/mol. The smallest absolute Gasteiger partial charge is 0.409 e. The van der Waals surface area contributed by atoms with E-state index in [9.17, 15) is 9.59 Å². The van der Waals surface area contributed by atoms with Gasteiger partial charge >= 0.3 is 6.09 Å². The molecule has 2 atom stereocenters. The zero-order valence-corrected chi connectivity index (χ0v) is 17.4. The van der Waals surface area contributed by atoms with Crippen LogP contribution in [0, 0.1) is 5.92 Å². The van der Waals surface area contributed by atoms with Crippen molar-refractivity contribution in [2.45, 2.75) is 83.3 Å². The third kappa shape index (κ3) is 4.76. The molecule has 2 amide bonds. The molecular formula is C21H37N3O3. The molecule has 6 heteroatoms. The van der Waals surface area contributed by atoms with Crippen LogP contribution in [0.3, 0.4) is 0 Å². The summed E-state index contributed by atoms with van der Waals surface area (Å²) in [6.45, 7) is 8.17. The minimum Gasteiger partial charge on any atom is -0.453 e. The number of piperidine rings is 2. The van der Waals surface area contributed by atoms with Crippen molar-refractivity contribution < 1.29 is 14.3 Å². The van der Waals surface area contributed by atoms with E-state index in [4.69, 9.17) is 4.74 Å². The second-order valence-corrected chi connectivity index (χ2v) is 8.75. The quantitative estimate of drug-likeness (QED) is 0.740. The molecule has 3 heterocycles. The summed E-state index contributed by atoms with van der Waals surface area (Å²) in [5.41, 5.74) is 0. The predicted octanol–water partition coefficient (Wildman–Crippen LogP) is 3.11. The highest BCUT2D eigenvalue weighted by molar-refractivity contribution is 5.79. The molecule has 3 aliphatic rings. The largest absolute Gasteiger partial charge is 0.453 e. The Labute approximate surface area is 164 Å². The van der Waals surface area contributed by atoms with E-state index < -0.39 is 0 Å². The minimum absolute atomic E-state index is 0.197. The number of nitrogens with zero attached hydrogens (tertiary/aromatic N) is 3. The molecule has 0 saturated carbocycles. The minimum atomic E-state index is -0.213. The first-order valence-corrected chi connectivity index (χ1v) is 10.9. The fourth-order valence-electron chi connectivity index (χ4n) is 5.37. The molecule has 0 aromatic carbocycles. The monoisotopic (exact) mass is 379 g/mol. The van der Waals surface area contributed by atoms with Crippen molar-refractivity contribution in [1.29, 1.82) is 0 Å². The molecule has 3 rings (SSSR count). The second kappa shape index (κ2) is 9.26. The van der Waals surface area contributed by atoms with Crippen LogP contribution in [0.25, 0.3) is 0 Å². The highest BCUT2D eigenvalue weighted by Gasteiger charge is 2.38. The maximum absolute atomic E-state index is 12.9. The van der Waals surface area contributed by atoms with Gasteiger partial charge in [0.1, 0.15) is 0 Å². The van der Waals surface area contributed by atoms with Crippen LogP contribution in [-0.2, 0) is 9.53 Å². The van der Waals surface area contributed by atoms with Gasteiger partial charge in [0.25, 0.3) is 0 Å². The van der Waals surface area contributed by atoms with Crippen LogP contribution in [0.2, 0.25) is 0 Å². The lowest BCUT2D eigenvalue weighted by molar-refractivity contribution is -0.137. The molecule has 3 fully saturated rings. The first kappa shape index (κ1) is 20.4. The third-order valence-corrected chi connectivity index (χ3v) is 6.87. The molecule has 6 nitrogen and oxygen atoms in total. The number of carbonyl (C=O) groups excluding carboxylic acids is 2. The Kier molecular flexibility index (Phi) is 7.01. The number of carbonyl (C=O) groups is 2. The van der Waals surface area contributed by atoms with Gasteiger partial charge in [-0.25, -0.2) is 4.79 Å². The Morgan fingerprint density at radius 1 is 0.852 bits per heavy atom. The summed E-state index contributed by atoms with van der Waals surface area (Å²) in [5, 5.41) is 0. The summed E-state index contributed by atoms with van der Waals surface area (Å²) in [4.78, 5) is 31.5. The van der Waals surface area contributed by atoms with Gasteiger partial charge in [-0.15, -0.1) is 0 Å². The van der Waals surface area contributed by atoms with Crippen molar-refractivity contribution >= 4 is 12.0 Å². The van der Waals surface area contributed by atoms with Crippen molar-refractivity contribution in [2.75, 3.05) is 33.3 Å². The number of hydrogen-bond donors (Lipinski definition) is 0. The highest BCUT2D eigenvalue weighted by atomic mass is 16.5. The van der Waals surface area contributed by atoms with Gasteiger partial charge in [-0.05, 0) is 65.5 Å². The van der Waals surface area contributed by atoms with Crippen molar-refractivity contribution in [3.63, 3.8) is 0 Å². The molecule has 154 valence electrons. The summed E-state index contributed by atoms with van der Waals surface area (Å²) >= 11 is 0. The SMILES string of the molecule is COC(=O)N1C(C)CC(N2CCC(C(=O)N3CCCCCC3)CC2)CC1C. The maximum atomic E-state index is 12.9. The lowest BCUT2D eigenvalue weighted by Crippen LogP contribution is -2.56. The van der Waals surface area contributed by atoms with E-state index in [1.807, 2.05) is 4.90 Å². The zero-order valence-electron chi connectivity index (χ0n) is 17.4. The molecule has 2 unspecified atom stereocenters. The summed E-state index contributed by atoms with van der Waals surface area (Å²) in [6.07, 6.45) is 8.60. The number of amides is 2. The van der Waals surface area contributed by atoms with Crippen LogP contribution in [0.4, 0.5) is 4.79 Å². The summed E-state index contributed by atoms with van der Waals surface area (Å²) in [5.74, 6) is 0.614. The van der Waals surface area contributed by atoms with Gasteiger partial charge in [-0.3, -0.25) is 4.79 Å². The van der Waals surface area contributed by atoms with E-state index in [1.165, 1.54) is 32.8 Å². The lowest BCUT2D eigenvalue weighted by Gasteiger charge is -2.47. The molecule has 0 aromatic rings. The Balaban J connectivity index is 1.50. The van der Waals surface area contributed by atoms with Crippen LogP contribution >= 0.6 is 0 Å². The van der Waals surface area contributed by atoms with Crippen LogP contribution in [-0.4, -0.2) is 78.1 Å². The Morgan fingerprint density at radius 2 is 1.41 bits per heavy atom. The Morgan fingerprint density at radius 3 is 1.93 bits per heavy atom. The van der Waals surface area contributed by atoms with Gasteiger partial charge in [0.05, 0.1) is 7.11 Å². The lowest BCUT2D eigenvalue weighted by atomic mass is 9.88. The fraction of sp³-hybridized carbons (Fsp3) is 0.905. The van der Waals surface area contributed by atoms with E-state index in [0.717, 1.165) is 51.9 Å². The van der Waals surface area contributed by atoms with Gasteiger partial charge in [-0.2, -0.15) is 0 Å².